The van der Waals surface area contributed by atoms with E-state index in [0.29, 0.717) is 23.3 Å². The Balaban J connectivity index is 1.17. The minimum absolute atomic E-state index is 0.383. The molecule has 1 aliphatic heterocycles. The fourth-order valence-corrected chi connectivity index (χ4v) is 5.34. The zero-order valence-electron chi connectivity index (χ0n) is 22.4. The molecule has 0 aromatic heterocycles. The first-order valence-electron chi connectivity index (χ1n) is 14.2. The first-order chi connectivity index (χ1) is 17.6. The molecule has 0 aliphatic carbocycles. The Bertz CT molecular complexity index is 934. The van der Waals surface area contributed by atoms with Gasteiger partial charge in [-0.1, -0.05) is 89.5 Å². The predicted molar refractivity (Wildman–Crippen MR) is 148 cm³/mol. The number of nitriles is 1. The number of unbranched alkanes of at least 4 members (excludes halogenated alkanes) is 7. The minimum Gasteiger partial charge on any atom is -0.494 e. The molecule has 0 N–H and O–H groups in total. The van der Waals surface area contributed by atoms with Gasteiger partial charge in [0, 0.05) is 19.5 Å². The monoisotopic (exact) mass is 488 g/mol. The molecule has 0 radical (unpaired) electrons. The van der Waals surface area contributed by atoms with Gasteiger partial charge in [0.05, 0.1) is 18.2 Å². The molecule has 1 amide bonds. The molecule has 3 rings (SSSR count). The van der Waals surface area contributed by atoms with Crippen LogP contribution in [-0.4, -0.2) is 30.5 Å². The normalized spacial score (nSPS) is 17.2. The highest BCUT2D eigenvalue weighted by Crippen LogP contribution is 2.29. The van der Waals surface area contributed by atoms with Crippen molar-refractivity contribution in [3.8, 4) is 22.9 Å². The van der Waals surface area contributed by atoms with Crippen molar-refractivity contribution < 1.29 is 9.53 Å². The second kappa shape index (κ2) is 15.3. The van der Waals surface area contributed by atoms with Crippen LogP contribution in [-0.2, 0) is 4.79 Å². The van der Waals surface area contributed by atoms with E-state index in [1.807, 2.05) is 36.4 Å². The number of likely N-dealkylation sites (tertiary alicyclic amines) is 1. The van der Waals surface area contributed by atoms with Gasteiger partial charge in [-0.05, 0) is 60.1 Å². The van der Waals surface area contributed by atoms with E-state index in [-0.39, 0.29) is 0 Å². The SMILES string of the molecule is CCC1CN(C(=O)CCCCCCCCCCOc2ccc(-c3ccc(C#N)cc3)cc2)CC1CC. The summed E-state index contributed by atoms with van der Waals surface area (Å²) in [6, 6.07) is 18.0. The summed E-state index contributed by atoms with van der Waals surface area (Å²) in [6.45, 7) is 7.25. The van der Waals surface area contributed by atoms with Gasteiger partial charge < -0.3 is 9.64 Å². The summed E-state index contributed by atoms with van der Waals surface area (Å²) in [5.41, 5.74) is 2.91. The Morgan fingerprint density at radius 3 is 1.83 bits per heavy atom. The van der Waals surface area contributed by atoms with Crippen molar-refractivity contribution in [3.05, 3.63) is 54.1 Å². The third-order valence-electron chi connectivity index (χ3n) is 7.73. The number of rotatable bonds is 15. The molecular formula is C32H44N2O2. The van der Waals surface area contributed by atoms with Gasteiger partial charge in [-0.3, -0.25) is 4.79 Å². The van der Waals surface area contributed by atoms with Gasteiger partial charge in [0.1, 0.15) is 5.75 Å². The van der Waals surface area contributed by atoms with E-state index in [9.17, 15) is 4.79 Å². The van der Waals surface area contributed by atoms with E-state index >= 15 is 0 Å². The van der Waals surface area contributed by atoms with Crippen LogP contribution in [0.15, 0.2) is 48.5 Å². The van der Waals surface area contributed by atoms with Crippen LogP contribution in [0.3, 0.4) is 0 Å². The van der Waals surface area contributed by atoms with Crippen LogP contribution in [0.5, 0.6) is 5.75 Å². The third-order valence-corrected chi connectivity index (χ3v) is 7.73. The van der Waals surface area contributed by atoms with E-state index < -0.39 is 0 Å². The highest BCUT2D eigenvalue weighted by atomic mass is 16.5. The number of nitrogens with zero attached hydrogens (tertiary/aromatic N) is 2. The van der Waals surface area contributed by atoms with Gasteiger partial charge in [-0.25, -0.2) is 0 Å². The highest BCUT2D eigenvalue weighted by molar-refractivity contribution is 5.76. The van der Waals surface area contributed by atoms with Crippen molar-refractivity contribution in [2.45, 2.75) is 84.5 Å². The fraction of sp³-hybridized carbons (Fsp3) is 0.562. The van der Waals surface area contributed by atoms with Gasteiger partial charge in [0.25, 0.3) is 0 Å². The van der Waals surface area contributed by atoms with Crippen LogP contribution in [0.4, 0.5) is 0 Å². The second-order valence-electron chi connectivity index (χ2n) is 10.3. The molecule has 0 saturated carbocycles. The standard InChI is InChI=1S/C32H44N2O2/c1-3-27-24-34(25-28(27)4-2)32(35)13-11-9-7-5-6-8-10-12-22-36-31-20-18-30(19-21-31)29-16-14-26(23-33)15-17-29/h14-21,27-28H,3-13,22,24-25H2,1-2H3. The van der Waals surface area contributed by atoms with Crippen molar-refractivity contribution in [2.75, 3.05) is 19.7 Å². The van der Waals surface area contributed by atoms with Crippen molar-refractivity contribution in [1.82, 2.24) is 4.90 Å². The van der Waals surface area contributed by atoms with E-state index in [1.54, 1.807) is 0 Å². The summed E-state index contributed by atoms with van der Waals surface area (Å²) in [5, 5.41) is 8.92. The highest BCUT2D eigenvalue weighted by Gasteiger charge is 2.32. The summed E-state index contributed by atoms with van der Waals surface area (Å²) in [5.74, 6) is 2.72. The Morgan fingerprint density at radius 2 is 1.31 bits per heavy atom. The summed E-state index contributed by atoms with van der Waals surface area (Å²) in [6.07, 6.45) is 12.7. The number of carbonyl (C=O) groups is 1. The first kappa shape index (κ1) is 27.8. The molecule has 2 atom stereocenters. The lowest BCUT2D eigenvalue weighted by Crippen LogP contribution is -2.28. The quantitative estimate of drug-likeness (QED) is 0.239. The lowest BCUT2D eigenvalue weighted by molar-refractivity contribution is -0.130. The molecule has 4 heteroatoms. The molecule has 194 valence electrons. The van der Waals surface area contributed by atoms with E-state index in [4.69, 9.17) is 10.00 Å². The first-order valence-corrected chi connectivity index (χ1v) is 14.2. The molecule has 0 bridgehead atoms. The number of hydrogen-bond donors (Lipinski definition) is 0. The molecule has 36 heavy (non-hydrogen) atoms. The van der Waals surface area contributed by atoms with Gasteiger partial charge >= 0.3 is 0 Å². The van der Waals surface area contributed by atoms with Crippen LogP contribution in [0.2, 0.25) is 0 Å². The molecular weight excluding hydrogens is 444 g/mol. The lowest BCUT2D eigenvalue weighted by Gasteiger charge is -2.16. The fourth-order valence-electron chi connectivity index (χ4n) is 5.34. The molecule has 1 aliphatic rings. The maximum absolute atomic E-state index is 12.5. The van der Waals surface area contributed by atoms with Crippen LogP contribution >= 0.6 is 0 Å². The molecule has 2 unspecified atom stereocenters. The van der Waals surface area contributed by atoms with Crippen LogP contribution in [0.1, 0.15) is 90.0 Å². The van der Waals surface area contributed by atoms with E-state index in [0.717, 1.165) is 55.8 Å². The molecule has 1 heterocycles. The smallest absolute Gasteiger partial charge is 0.222 e. The number of ether oxygens (including phenoxy) is 1. The van der Waals surface area contributed by atoms with Crippen molar-refractivity contribution in [1.29, 1.82) is 5.26 Å². The third kappa shape index (κ3) is 8.70. The number of amides is 1. The average Bonchev–Trinajstić information content (AvgIpc) is 3.36. The summed E-state index contributed by atoms with van der Waals surface area (Å²) >= 11 is 0. The van der Waals surface area contributed by atoms with E-state index in [2.05, 4.69) is 36.9 Å². The van der Waals surface area contributed by atoms with Crippen molar-refractivity contribution in [2.24, 2.45) is 11.8 Å². The Kier molecular flexibility index (Phi) is 11.8. The van der Waals surface area contributed by atoms with Gasteiger partial charge in [-0.2, -0.15) is 5.26 Å². The summed E-state index contributed by atoms with van der Waals surface area (Å²) in [4.78, 5) is 14.6. The van der Waals surface area contributed by atoms with E-state index in [1.165, 1.54) is 51.4 Å². The molecule has 2 aromatic carbocycles. The zero-order chi connectivity index (χ0) is 25.6. The molecule has 4 nitrogen and oxygen atoms in total. The van der Waals surface area contributed by atoms with Crippen LogP contribution in [0.25, 0.3) is 11.1 Å². The molecule has 2 aromatic rings. The topological polar surface area (TPSA) is 53.3 Å². The van der Waals surface area contributed by atoms with Crippen LogP contribution < -0.4 is 4.74 Å². The summed E-state index contributed by atoms with van der Waals surface area (Å²) < 4.78 is 5.91. The minimum atomic E-state index is 0.383. The van der Waals surface area contributed by atoms with Crippen molar-refractivity contribution in [3.63, 3.8) is 0 Å². The predicted octanol–water partition coefficient (Wildman–Crippen LogP) is 8.01. The number of hydrogen-bond acceptors (Lipinski definition) is 3. The maximum Gasteiger partial charge on any atom is 0.222 e. The molecule has 1 saturated heterocycles. The Hall–Kier alpha value is -2.80. The summed E-state index contributed by atoms with van der Waals surface area (Å²) in [7, 11) is 0. The Labute approximate surface area is 218 Å². The number of carbonyl (C=O) groups excluding carboxylic acids is 1. The zero-order valence-corrected chi connectivity index (χ0v) is 22.4. The molecule has 0 spiro atoms. The number of benzene rings is 2. The maximum atomic E-state index is 12.5. The average molecular weight is 489 g/mol. The van der Waals surface area contributed by atoms with Gasteiger partial charge in [0.15, 0.2) is 0 Å². The van der Waals surface area contributed by atoms with Gasteiger partial charge in [0.2, 0.25) is 5.91 Å². The van der Waals surface area contributed by atoms with Gasteiger partial charge in [-0.15, -0.1) is 0 Å². The largest absolute Gasteiger partial charge is 0.494 e. The molecule has 1 fully saturated rings. The second-order valence-corrected chi connectivity index (χ2v) is 10.3. The Morgan fingerprint density at radius 1 is 0.806 bits per heavy atom. The van der Waals surface area contributed by atoms with Crippen LogP contribution in [0, 0.1) is 23.2 Å². The van der Waals surface area contributed by atoms with Crippen molar-refractivity contribution >= 4 is 5.91 Å². The lowest BCUT2D eigenvalue weighted by atomic mass is 9.92.